The van der Waals surface area contributed by atoms with E-state index in [1.54, 1.807) is 43.4 Å². The number of thioether (sulfide) groups is 1. The maximum atomic E-state index is 12.8. The van der Waals surface area contributed by atoms with E-state index in [1.807, 2.05) is 6.07 Å². The Kier molecular flexibility index (Phi) is 4.98. The second kappa shape index (κ2) is 7.59. The fourth-order valence-electron chi connectivity index (χ4n) is 3.05. The highest BCUT2D eigenvalue weighted by Crippen LogP contribution is 2.27. The number of Topliss-reactive ketones (excluding diaryl/α,β-unsaturated/α-hetero) is 1. The quantitative estimate of drug-likeness (QED) is 0.570. The molecule has 1 aromatic carbocycles. The van der Waals surface area contributed by atoms with Crippen LogP contribution in [0.5, 0.6) is 0 Å². The molecule has 29 heavy (non-hydrogen) atoms. The molecule has 3 amide bonds. The summed E-state index contributed by atoms with van der Waals surface area (Å²) in [6.45, 7) is 0. The van der Waals surface area contributed by atoms with Crippen LogP contribution in [0.4, 0.5) is 4.79 Å². The first-order chi connectivity index (χ1) is 14.0. The molecule has 146 valence electrons. The SMILES string of the molecule is CN1C(=O)C2C(SCC(=O)c3ccccc3)=NC(c3ccco3)=NC2=[N+](C)C1=O. The van der Waals surface area contributed by atoms with E-state index in [1.165, 1.54) is 29.6 Å². The topological polar surface area (TPSA) is 95.3 Å². The largest absolute Gasteiger partial charge is 0.459 e. The molecule has 1 atom stereocenters. The molecule has 0 fully saturated rings. The molecule has 1 aromatic heterocycles. The van der Waals surface area contributed by atoms with Gasteiger partial charge in [-0.25, -0.2) is 9.79 Å². The number of fused-ring (bicyclic) bond motifs is 1. The van der Waals surface area contributed by atoms with Gasteiger partial charge in [0.25, 0.3) is 11.7 Å². The van der Waals surface area contributed by atoms with Crippen molar-refractivity contribution in [1.29, 1.82) is 0 Å². The zero-order valence-electron chi connectivity index (χ0n) is 15.7. The van der Waals surface area contributed by atoms with Gasteiger partial charge in [0.1, 0.15) is 5.04 Å². The molecule has 0 saturated heterocycles. The van der Waals surface area contributed by atoms with Gasteiger partial charge in [-0.05, 0) is 12.1 Å². The zero-order valence-corrected chi connectivity index (χ0v) is 16.5. The lowest BCUT2D eigenvalue weighted by Gasteiger charge is -2.26. The minimum Gasteiger partial charge on any atom is -0.459 e. The first kappa shape index (κ1) is 19.0. The highest BCUT2D eigenvalue weighted by atomic mass is 32.2. The average molecular weight is 409 g/mol. The van der Waals surface area contributed by atoms with Crippen molar-refractivity contribution < 1.29 is 23.4 Å². The number of nitrogens with zero attached hydrogens (tertiary/aromatic N) is 4. The van der Waals surface area contributed by atoms with Crippen molar-refractivity contribution in [3.8, 4) is 0 Å². The molecule has 0 radical (unpaired) electrons. The summed E-state index contributed by atoms with van der Waals surface area (Å²) in [4.78, 5) is 47.6. The number of amides is 3. The Hall–Kier alpha value is -3.33. The number of hydrogen-bond donors (Lipinski definition) is 0. The molecule has 9 heteroatoms. The number of carbonyl (C=O) groups excluding carboxylic acids is 3. The first-order valence-electron chi connectivity index (χ1n) is 8.81. The Morgan fingerprint density at radius 1 is 1.17 bits per heavy atom. The average Bonchev–Trinajstić information content (AvgIpc) is 3.29. The predicted molar refractivity (Wildman–Crippen MR) is 109 cm³/mol. The van der Waals surface area contributed by atoms with Crippen LogP contribution in [0.2, 0.25) is 0 Å². The molecule has 0 aliphatic carbocycles. The number of rotatable bonds is 4. The lowest BCUT2D eigenvalue weighted by atomic mass is 10.0. The van der Waals surface area contributed by atoms with Gasteiger partial charge in [-0.3, -0.25) is 9.59 Å². The smallest absolute Gasteiger partial charge is 0.445 e. The predicted octanol–water partition coefficient (Wildman–Crippen LogP) is 2.30. The highest BCUT2D eigenvalue weighted by Gasteiger charge is 2.49. The molecule has 2 aliphatic heterocycles. The van der Waals surface area contributed by atoms with Gasteiger partial charge in [0.05, 0.1) is 26.1 Å². The summed E-state index contributed by atoms with van der Waals surface area (Å²) in [5.41, 5.74) is 0.583. The second-order valence-electron chi connectivity index (χ2n) is 6.47. The molecule has 0 saturated carbocycles. The Bertz CT molecular complexity index is 1090. The number of imide groups is 1. The number of furan rings is 1. The molecule has 4 rings (SSSR count). The van der Waals surface area contributed by atoms with E-state index >= 15 is 0 Å². The molecule has 3 heterocycles. The van der Waals surface area contributed by atoms with Crippen LogP contribution in [0.15, 0.2) is 63.1 Å². The molecule has 2 aromatic rings. The summed E-state index contributed by atoms with van der Waals surface area (Å²) in [5, 5.41) is 0.405. The van der Waals surface area contributed by atoms with Crippen molar-refractivity contribution in [3.05, 3.63) is 60.1 Å². The van der Waals surface area contributed by atoms with Crippen molar-refractivity contribution in [3.63, 3.8) is 0 Å². The molecule has 0 N–H and O–H groups in total. The maximum absolute atomic E-state index is 12.8. The number of hydrogen-bond acceptors (Lipinski definition) is 7. The summed E-state index contributed by atoms with van der Waals surface area (Å²) < 4.78 is 6.70. The Labute approximate surface area is 170 Å². The maximum Gasteiger partial charge on any atom is 0.445 e. The number of amidine groups is 2. The van der Waals surface area contributed by atoms with Gasteiger partial charge in [0, 0.05) is 5.56 Å². The Balaban J connectivity index is 1.70. The molecular formula is C20H17N4O4S+. The van der Waals surface area contributed by atoms with Gasteiger partial charge in [0.2, 0.25) is 0 Å². The van der Waals surface area contributed by atoms with Crippen LogP contribution in [0.25, 0.3) is 0 Å². The zero-order chi connectivity index (χ0) is 20.5. The number of aliphatic imine (C=N–C) groups is 2. The minimum atomic E-state index is -0.838. The van der Waals surface area contributed by atoms with Crippen molar-refractivity contribution in [1.82, 2.24) is 4.90 Å². The Morgan fingerprint density at radius 3 is 2.62 bits per heavy atom. The monoisotopic (exact) mass is 409 g/mol. The lowest BCUT2D eigenvalue weighted by Crippen LogP contribution is -2.54. The van der Waals surface area contributed by atoms with Crippen LogP contribution in [0.1, 0.15) is 16.1 Å². The first-order valence-corrected chi connectivity index (χ1v) is 9.80. The highest BCUT2D eigenvalue weighted by molar-refractivity contribution is 8.14. The molecule has 8 nitrogen and oxygen atoms in total. The van der Waals surface area contributed by atoms with Crippen molar-refractivity contribution in [2.24, 2.45) is 15.9 Å². The van der Waals surface area contributed by atoms with E-state index in [2.05, 4.69) is 9.98 Å². The van der Waals surface area contributed by atoms with Crippen LogP contribution < -0.4 is 0 Å². The normalized spacial score (nSPS) is 19.1. The van der Waals surface area contributed by atoms with E-state index in [0.29, 0.717) is 16.4 Å². The second-order valence-corrected chi connectivity index (χ2v) is 7.47. The molecule has 0 bridgehead atoms. The minimum absolute atomic E-state index is 0.0806. The van der Waals surface area contributed by atoms with Crippen molar-refractivity contribution in [2.45, 2.75) is 0 Å². The third kappa shape index (κ3) is 3.44. The van der Waals surface area contributed by atoms with Crippen LogP contribution in [0.3, 0.4) is 0 Å². The van der Waals surface area contributed by atoms with Gasteiger partial charge in [-0.2, -0.15) is 9.48 Å². The number of carbonyl (C=O) groups is 3. The summed E-state index contributed by atoms with van der Waals surface area (Å²) in [6.07, 6.45) is 1.49. The van der Waals surface area contributed by atoms with E-state index < -0.39 is 17.9 Å². The van der Waals surface area contributed by atoms with Crippen LogP contribution in [0, 0.1) is 5.92 Å². The molecule has 0 spiro atoms. The van der Waals surface area contributed by atoms with Gasteiger partial charge >= 0.3 is 11.9 Å². The standard InChI is InChI=1S/C20H17N4O4S/c1-23-17-15(19(26)24(2)20(23)27)18(22-16(21-17)14-9-6-10-28-14)29-11-13(25)12-7-4-3-5-8-12/h3-10,15H,11H2,1-2H3/q+1. The third-order valence-electron chi connectivity index (χ3n) is 4.63. The number of ketones is 1. The molecule has 1 unspecified atom stereocenters. The number of benzene rings is 1. The van der Waals surface area contributed by atoms with Gasteiger partial charge in [0.15, 0.2) is 17.5 Å². The summed E-state index contributed by atoms with van der Waals surface area (Å²) in [6, 6.07) is 11.8. The van der Waals surface area contributed by atoms with E-state index in [-0.39, 0.29) is 23.2 Å². The molecule has 2 aliphatic rings. The lowest BCUT2D eigenvalue weighted by molar-refractivity contribution is -0.407. The van der Waals surface area contributed by atoms with Gasteiger partial charge in [-0.1, -0.05) is 35.3 Å². The summed E-state index contributed by atoms with van der Waals surface area (Å²) >= 11 is 1.17. The van der Waals surface area contributed by atoms with Crippen LogP contribution >= 0.6 is 11.8 Å². The fourth-order valence-corrected chi connectivity index (χ4v) is 4.02. The van der Waals surface area contributed by atoms with Crippen molar-refractivity contribution in [2.75, 3.05) is 19.8 Å². The van der Waals surface area contributed by atoms with Crippen molar-refractivity contribution >= 4 is 46.2 Å². The van der Waals surface area contributed by atoms with Crippen LogP contribution in [-0.2, 0) is 4.79 Å². The molecular weight excluding hydrogens is 392 g/mol. The summed E-state index contributed by atoms with van der Waals surface area (Å²) in [7, 11) is 2.97. The van der Waals surface area contributed by atoms with E-state index in [4.69, 9.17) is 4.42 Å². The third-order valence-corrected chi connectivity index (χ3v) is 5.65. The summed E-state index contributed by atoms with van der Waals surface area (Å²) in [5.74, 6) is -0.299. The van der Waals surface area contributed by atoms with Crippen LogP contribution in [-0.4, -0.2) is 63.8 Å². The van der Waals surface area contributed by atoms with E-state index in [9.17, 15) is 14.4 Å². The van der Waals surface area contributed by atoms with Gasteiger partial charge in [-0.15, -0.1) is 11.8 Å². The Morgan fingerprint density at radius 2 is 1.93 bits per heavy atom. The van der Waals surface area contributed by atoms with E-state index in [0.717, 1.165) is 4.90 Å². The number of urea groups is 1. The van der Waals surface area contributed by atoms with Gasteiger partial charge < -0.3 is 4.42 Å². The fraction of sp³-hybridized carbons (Fsp3) is 0.200.